The summed E-state index contributed by atoms with van der Waals surface area (Å²) in [5.74, 6) is 0. The number of likely N-dealkylation sites (tertiary alicyclic amines) is 1. The first-order valence-corrected chi connectivity index (χ1v) is 7.56. The summed E-state index contributed by atoms with van der Waals surface area (Å²) >= 11 is 5.28. The number of nitrogens with two attached hydrogens (primary N) is 1. The van der Waals surface area contributed by atoms with Crippen LogP contribution in [0.25, 0.3) is 0 Å². The Balaban J connectivity index is 2.05. The van der Waals surface area contributed by atoms with Gasteiger partial charge in [0.2, 0.25) is 0 Å². The molecule has 1 aliphatic rings. The van der Waals surface area contributed by atoms with E-state index in [9.17, 15) is 0 Å². The number of halogens is 1. The summed E-state index contributed by atoms with van der Waals surface area (Å²) in [4.78, 5) is 2.57. The highest BCUT2D eigenvalue weighted by Gasteiger charge is 2.26. The largest absolute Gasteiger partial charge is 0.329 e. The van der Waals surface area contributed by atoms with E-state index in [2.05, 4.69) is 39.2 Å². The van der Waals surface area contributed by atoms with E-state index in [4.69, 9.17) is 5.73 Å². The summed E-state index contributed by atoms with van der Waals surface area (Å²) < 4.78 is 1.22. The number of thiophene rings is 1. The molecule has 1 aromatic rings. The van der Waals surface area contributed by atoms with Crippen molar-refractivity contribution in [2.75, 3.05) is 6.54 Å². The average molecular weight is 303 g/mol. The molecule has 0 radical (unpaired) electrons. The molecule has 0 amide bonds. The van der Waals surface area contributed by atoms with E-state index in [0.29, 0.717) is 12.1 Å². The molecule has 1 saturated heterocycles. The van der Waals surface area contributed by atoms with Gasteiger partial charge >= 0.3 is 0 Å². The summed E-state index contributed by atoms with van der Waals surface area (Å²) in [5, 5.41) is 2.24. The second kappa shape index (κ2) is 5.63. The van der Waals surface area contributed by atoms with E-state index in [0.717, 1.165) is 13.1 Å². The van der Waals surface area contributed by atoms with Crippen molar-refractivity contribution in [3.05, 3.63) is 20.8 Å². The Morgan fingerprint density at radius 1 is 1.56 bits per heavy atom. The fourth-order valence-corrected chi connectivity index (χ4v) is 3.72. The van der Waals surface area contributed by atoms with Crippen molar-refractivity contribution in [1.29, 1.82) is 0 Å². The average Bonchev–Trinajstić information content (AvgIpc) is 2.67. The second-order valence-corrected chi connectivity index (χ2v) is 6.89. The monoisotopic (exact) mass is 302 g/mol. The summed E-state index contributed by atoms with van der Waals surface area (Å²) in [6, 6.07) is 3.46. The van der Waals surface area contributed by atoms with E-state index in [1.165, 1.54) is 28.6 Å². The molecular weight excluding hydrogens is 284 g/mol. The third-order valence-electron chi connectivity index (χ3n) is 3.45. The predicted molar refractivity (Wildman–Crippen MR) is 73.7 cm³/mol. The smallest absolute Gasteiger partial charge is 0.0701 e. The standard InChI is InChI=1S/C12H19BrN2S/c1-9-3-2-4-11(6-14)15(9)7-10-5-12(13)16-8-10/h5,8-9,11H,2-4,6-7,14H2,1H3. The Morgan fingerprint density at radius 2 is 2.38 bits per heavy atom. The van der Waals surface area contributed by atoms with Gasteiger partial charge in [-0.05, 0) is 52.7 Å². The van der Waals surface area contributed by atoms with Crippen LogP contribution in [0.1, 0.15) is 31.7 Å². The molecule has 2 unspecified atom stereocenters. The molecule has 2 nitrogen and oxygen atoms in total. The highest BCUT2D eigenvalue weighted by Crippen LogP contribution is 2.27. The third kappa shape index (κ3) is 2.86. The minimum absolute atomic E-state index is 0.572. The first kappa shape index (κ1) is 12.6. The summed E-state index contributed by atoms with van der Waals surface area (Å²) in [6.07, 6.45) is 3.89. The van der Waals surface area contributed by atoms with Crippen LogP contribution < -0.4 is 5.73 Å². The molecule has 1 fully saturated rings. The van der Waals surface area contributed by atoms with Crippen LogP contribution in [0, 0.1) is 0 Å². The van der Waals surface area contributed by atoms with Crippen LogP contribution in [0.4, 0.5) is 0 Å². The number of hydrogen-bond donors (Lipinski definition) is 1. The zero-order chi connectivity index (χ0) is 11.5. The van der Waals surface area contributed by atoms with Gasteiger partial charge in [0.05, 0.1) is 3.79 Å². The highest BCUT2D eigenvalue weighted by molar-refractivity contribution is 9.11. The van der Waals surface area contributed by atoms with Gasteiger partial charge in [-0.2, -0.15) is 0 Å². The van der Waals surface area contributed by atoms with Gasteiger partial charge in [-0.1, -0.05) is 6.42 Å². The molecule has 16 heavy (non-hydrogen) atoms. The molecule has 2 heterocycles. The fraction of sp³-hybridized carbons (Fsp3) is 0.667. The van der Waals surface area contributed by atoms with E-state index in [1.54, 1.807) is 11.3 Å². The number of piperidine rings is 1. The number of rotatable bonds is 3. The lowest BCUT2D eigenvalue weighted by Crippen LogP contribution is -2.48. The predicted octanol–water partition coefficient (Wildman–Crippen LogP) is 3.21. The fourth-order valence-electron chi connectivity index (χ4n) is 2.52. The van der Waals surface area contributed by atoms with E-state index < -0.39 is 0 Å². The zero-order valence-electron chi connectivity index (χ0n) is 9.66. The van der Waals surface area contributed by atoms with Crippen molar-refractivity contribution in [1.82, 2.24) is 4.90 Å². The van der Waals surface area contributed by atoms with E-state index in [-0.39, 0.29) is 0 Å². The van der Waals surface area contributed by atoms with E-state index in [1.807, 2.05) is 0 Å². The second-order valence-electron chi connectivity index (χ2n) is 4.60. The maximum absolute atomic E-state index is 5.87. The van der Waals surface area contributed by atoms with Gasteiger partial charge < -0.3 is 5.73 Å². The maximum atomic E-state index is 5.87. The highest BCUT2D eigenvalue weighted by atomic mass is 79.9. The van der Waals surface area contributed by atoms with Gasteiger partial charge in [-0.15, -0.1) is 11.3 Å². The minimum atomic E-state index is 0.572. The van der Waals surface area contributed by atoms with Gasteiger partial charge in [0.1, 0.15) is 0 Å². The molecule has 2 atom stereocenters. The van der Waals surface area contributed by atoms with Crippen molar-refractivity contribution in [3.63, 3.8) is 0 Å². The van der Waals surface area contributed by atoms with Gasteiger partial charge in [-0.25, -0.2) is 0 Å². The molecule has 0 bridgehead atoms. The van der Waals surface area contributed by atoms with Crippen LogP contribution in [0.2, 0.25) is 0 Å². The number of hydrogen-bond acceptors (Lipinski definition) is 3. The normalized spacial score (nSPS) is 27.2. The Labute approximate surface area is 110 Å². The molecule has 0 saturated carbocycles. The molecule has 4 heteroatoms. The topological polar surface area (TPSA) is 29.3 Å². The molecule has 0 spiro atoms. The lowest BCUT2D eigenvalue weighted by molar-refractivity contribution is 0.0893. The molecular formula is C12H19BrN2S. The Hall–Kier alpha value is 0.100. The molecule has 90 valence electrons. The molecule has 1 aromatic heterocycles. The quantitative estimate of drug-likeness (QED) is 0.929. The minimum Gasteiger partial charge on any atom is -0.329 e. The molecule has 2 N–H and O–H groups in total. The van der Waals surface area contributed by atoms with Crippen molar-refractivity contribution < 1.29 is 0 Å². The van der Waals surface area contributed by atoms with Crippen molar-refractivity contribution in [3.8, 4) is 0 Å². The van der Waals surface area contributed by atoms with Gasteiger partial charge in [0.25, 0.3) is 0 Å². The van der Waals surface area contributed by atoms with Crippen molar-refractivity contribution in [2.24, 2.45) is 5.73 Å². The molecule has 0 aromatic carbocycles. The van der Waals surface area contributed by atoms with Gasteiger partial charge in [-0.3, -0.25) is 4.90 Å². The zero-order valence-corrected chi connectivity index (χ0v) is 12.1. The van der Waals surface area contributed by atoms with Crippen LogP contribution in [0.5, 0.6) is 0 Å². The Bertz CT molecular complexity index is 340. The molecule has 0 aliphatic carbocycles. The Morgan fingerprint density at radius 3 is 3.00 bits per heavy atom. The number of nitrogens with zero attached hydrogens (tertiary/aromatic N) is 1. The third-order valence-corrected chi connectivity index (χ3v) is 5.01. The first-order valence-electron chi connectivity index (χ1n) is 5.89. The maximum Gasteiger partial charge on any atom is 0.0701 e. The molecule has 2 rings (SSSR count). The summed E-state index contributed by atoms with van der Waals surface area (Å²) in [5.41, 5.74) is 7.27. The summed E-state index contributed by atoms with van der Waals surface area (Å²) in [6.45, 7) is 4.16. The van der Waals surface area contributed by atoms with Crippen LogP contribution in [-0.2, 0) is 6.54 Å². The van der Waals surface area contributed by atoms with Crippen molar-refractivity contribution in [2.45, 2.75) is 44.8 Å². The van der Waals surface area contributed by atoms with Gasteiger partial charge in [0, 0.05) is 25.2 Å². The van der Waals surface area contributed by atoms with Crippen LogP contribution >= 0.6 is 27.3 Å². The lowest BCUT2D eigenvalue weighted by atomic mass is 9.96. The Kier molecular flexibility index (Phi) is 4.41. The SMILES string of the molecule is CC1CCCC(CN)N1Cc1csc(Br)c1. The van der Waals surface area contributed by atoms with Crippen LogP contribution in [0.3, 0.4) is 0 Å². The van der Waals surface area contributed by atoms with Crippen molar-refractivity contribution >= 4 is 27.3 Å². The summed E-state index contributed by atoms with van der Waals surface area (Å²) in [7, 11) is 0. The molecule has 1 aliphatic heterocycles. The first-order chi connectivity index (χ1) is 7.70. The lowest BCUT2D eigenvalue weighted by Gasteiger charge is -2.40. The van der Waals surface area contributed by atoms with Crippen LogP contribution in [0.15, 0.2) is 15.2 Å². The van der Waals surface area contributed by atoms with Crippen LogP contribution in [-0.4, -0.2) is 23.5 Å². The van der Waals surface area contributed by atoms with Gasteiger partial charge in [0.15, 0.2) is 0 Å². The van der Waals surface area contributed by atoms with E-state index >= 15 is 0 Å².